The number of rotatable bonds is 4. The molecule has 0 aliphatic carbocycles. The minimum Gasteiger partial charge on any atom is -0.486 e. The van der Waals surface area contributed by atoms with Crippen molar-refractivity contribution in [3.8, 4) is 5.75 Å². The van der Waals surface area contributed by atoms with E-state index in [0.717, 1.165) is 39.4 Å². The van der Waals surface area contributed by atoms with E-state index in [2.05, 4.69) is 19.0 Å². The molecular formula is C20H17N5O2S. The molecule has 5 rings (SSSR count). The van der Waals surface area contributed by atoms with E-state index in [1.54, 1.807) is 6.20 Å². The first-order chi connectivity index (χ1) is 13.7. The predicted octanol–water partition coefficient (Wildman–Crippen LogP) is 3.48. The Kier molecular flexibility index (Phi) is 4.05. The molecule has 0 saturated heterocycles. The number of nitrogens with zero attached hydrogens (tertiary/aromatic N) is 4. The van der Waals surface area contributed by atoms with Gasteiger partial charge in [-0.3, -0.25) is 4.79 Å². The van der Waals surface area contributed by atoms with E-state index >= 15 is 0 Å². The Labute approximate surface area is 165 Å². The monoisotopic (exact) mass is 391 g/mol. The first kappa shape index (κ1) is 16.9. The van der Waals surface area contributed by atoms with Crippen LogP contribution in [0.25, 0.3) is 11.0 Å². The molecular weight excluding hydrogens is 374 g/mol. The fourth-order valence-corrected chi connectivity index (χ4v) is 4.14. The van der Waals surface area contributed by atoms with Gasteiger partial charge < -0.3 is 14.6 Å². The van der Waals surface area contributed by atoms with Crippen molar-refractivity contribution in [2.24, 2.45) is 7.05 Å². The molecule has 2 aromatic heterocycles. The van der Waals surface area contributed by atoms with E-state index < -0.39 is 0 Å². The fraction of sp³-hybridized carbons (Fsp3) is 0.200. The summed E-state index contributed by atoms with van der Waals surface area (Å²) < 4.78 is 16.6. The summed E-state index contributed by atoms with van der Waals surface area (Å²) in [6.45, 7) is 0.405. The molecule has 0 fully saturated rings. The number of aromatic nitrogens is 4. The lowest BCUT2D eigenvalue weighted by Crippen LogP contribution is -2.23. The Morgan fingerprint density at radius 3 is 2.86 bits per heavy atom. The van der Waals surface area contributed by atoms with E-state index in [0.29, 0.717) is 13.0 Å². The second-order valence-corrected chi connectivity index (χ2v) is 7.30. The van der Waals surface area contributed by atoms with E-state index in [9.17, 15) is 4.79 Å². The quantitative estimate of drug-likeness (QED) is 0.576. The molecule has 1 aliphatic rings. The highest BCUT2D eigenvalue weighted by molar-refractivity contribution is 7.00. The predicted molar refractivity (Wildman–Crippen MR) is 106 cm³/mol. The van der Waals surface area contributed by atoms with Crippen LogP contribution in [0, 0.1) is 0 Å². The van der Waals surface area contributed by atoms with E-state index in [4.69, 9.17) is 4.74 Å². The Morgan fingerprint density at radius 2 is 2.07 bits per heavy atom. The molecule has 4 aromatic rings. The van der Waals surface area contributed by atoms with Crippen molar-refractivity contribution in [1.29, 1.82) is 0 Å². The molecule has 1 atom stereocenters. The van der Waals surface area contributed by atoms with E-state index in [-0.39, 0.29) is 11.8 Å². The third kappa shape index (κ3) is 2.91. The summed E-state index contributed by atoms with van der Waals surface area (Å²) in [5.74, 6) is 1.58. The maximum Gasteiger partial charge on any atom is 0.225 e. The van der Waals surface area contributed by atoms with Crippen LogP contribution in [-0.2, 0) is 18.4 Å². The summed E-state index contributed by atoms with van der Waals surface area (Å²) in [7, 11) is 1.94. The van der Waals surface area contributed by atoms with Crippen LogP contribution in [0.1, 0.15) is 29.3 Å². The zero-order chi connectivity index (χ0) is 19.1. The second-order valence-electron chi connectivity index (χ2n) is 6.78. The molecule has 140 valence electrons. The highest BCUT2D eigenvalue weighted by Gasteiger charge is 2.29. The molecule has 0 saturated carbocycles. The molecule has 0 unspecified atom stereocenters. The Morgan fingerprint density at radius 1 is 1.21 bits per heavy atom. The minimum atomic E-state index is -0.0556. The number of amides is 1. The van der Waals surface area contributed by atoms with Crippen LogP contribution >= 0.6 is 11.7 Å². The molecule has 2 aromatic carbocycles. The largest absolute Gasteiger partial charge is 0.486 e. The fourth-order valence-electron chi connectivity index (χ4n) is 3.59. The third-order valence-electron chi connectivity index (χ3n) is 5.05. The third-order valence-corrected chi connectivity index (χ3v) is 5.59. The van der Waals surface area contributed by atoms with Gasteiger partial charge in [-0.2, -0.15) is 8.75 Å². The summed E-state index contributed by atoms with van der Waals surface area (Å²) in [5, 5.41) is 2.96. The second kappa shape index (κ2) is 6.72. The number of benzene rings is 2. The lowest BCUT2D eigenvalue weighted by Gasteiger charge is -2.26. The van der Waals surface area contributed by atoms with Gasteiger partial charge in [0.2, 0.25) is 5.91 Å². The van der Waals surface area contributed by atoms with Crippen LogP contribution in [0.15, 0.2) is 48.8 Å². The molecule has 0 spiro atoms. The zero-order valence-electron chi connectivity index (χ0n) is 15.1. The lowest BCUT2D eigenvalue weighted by molar-refractivity contribution is -0.116. The smallest absolute Gasteiger partial charge is 0.225 e. The maximum atomic E-state index is 12.2. The van der Waals surface area contributed by atoms with Gasteiger partial charge in [0.25, 0.3) is 0 Å². The average Bonchev–Trinajstić information content (AvgIpc) is 3.34. The van der Waals surface area contributed by atoms with Crippen LogP contribution < -0.4 is 10.1 Å². The van der Waals surface area contributed by atoms with Gasteiger partial charge in [0, 0.05) is 43.0 Å². The lowest BCUT2D eigenvalue weighted by atomic mass is 9.84. The van der Waals surface area contributed by atoms with Gasteiger partial charge in [-0.1, -0.05) is 12.1 Å². The first-order valence-electron chi connectivity index (χ1n) is 8.93. The van der Waals surface area contributed by atoms with Crippen LogP contribution in [0.2, 0.25) is 0 Å². The maximum absolute atomic E-state index is 12.2. The SMILES string of the molecule is Cn1ccnc1COc1ccc([C@H]2CC(=O)Nc3ccc4nsnc4c32)cc1. The van der Waals surface area contributed by atoms with Gasteiger partial charge in [0.15, 0.2) is 0 Å². The van der Waals surface area contributed by atoms with Crippen molar-refractivity contribution < 1.29 is 9.53 Å². The van der Waals surface area contributed by atoms with Gasteiger partial charge >= 0.3 is 0 Å². The summed E-state index contributed by atoms with van der Waals surface area (Å²) in [6.07, 6.45) is 4.03. The van der Waals surface area contributed by atoms with Crippen molar-refractivity contribution in [2.75, 3.05) is 5.32 Å². The molecule has 0 bridgehead atoms. The number of fused-ring (bicyclic) bond motifs is 3. The molecule has 7 nitrogen and oxygen atoms in total. The van der Waals surface area contributed by atoms with Crippen molar-refractivity contribution in [1.82, 2.24) is 18.3 Å². The normalized spacial score (nSPS) is 16.0. The average molecular weight is 391 g/mol. The number of nitrogens with one attached hydrogen (secondary N) is 1. The highest BCUT2D eigenvalue weighted by atomic mass is 32.1. The number of hydrogen-bond acceptors (Lipinski definition) is 6. The highest BCUT2D eigenvalue weighted by Crippen LogP contribution is 2.41. The number of carbonyl (C=O) groups excluding carboxylic acids is 1. The van der Waals surface area contributed by atoms with Crippen molar-refractivity contribution in [3.05, 3.63) is 65.7 Å². The molecule has 1 amide bonds. The van der Waals surface area contributed by atoms with Gasteiger partial charge in [0.1, 0.15) is 29.2 Å². The number of aryl methyl sites for hydroxylation is 1. The van der Waals surface area contributed by atoms with Crippen molar-refractivity contribution >= 4 is 34.4 Å². The van der Waals surface area contributed by atoms with E-state index in [1.165, 1.54) is 11.7 Å². The van der Waals surface area contributed by atoms with E-state index in [1.807, 2.05) is 54.2 Å². The van der Waals surface area contributed by atoms with Crippen molar-refractivity contribution in [3.63, 3.8) is 0 Å². The molecule has 3 heterocycles. The Bertz CT molecular complexity index is 1170. The van der Waals surface area contributed by atoms with Crippen LogP contribution in [0.5, 0.6) is 5.75 Å². The van der Waals surface area contributed by atoms with Crippen LogP contribution in [-0.4, -0.2) is 24.2 Å². The number of hydrogen-bond donors (Lipinski definition) is 1. The molecule has 1 N–H and O–H groups in total. The van der Waals surface area contributed by atoms with Gasteiger partial charge in [-0.25, -0.2) is 4.98 Å². The number of anilines is 1. The summed E-state index contributed by atoms with van der Waals surface area (Å²) >= 11 is 1.19. The number of ether oxygens (including phenoxy) is 1. The van der Waals surface area contributed by atoms with Crippen LogP contribution in [0.4, 0.5) is 5.69 Å². The Hall–Kier alpha value is -3.26. The summed E-state index contributed by atoms with van der Waals surface area (Å²) in [4.78, 5) is 16.5. The first-order valence-corrected chi connectivity index (χ1v) is 9.66. The zero-order valence-corrected chi connectivity index (χ0v) is 15.9. The number of carbonyl (C=O) groups is 1. The van der Waals surface area contributed by atoms with Gasteiger partial charge in [-0.15, -0.1) is 0 Å². The van der Waals surface area contributed by atoms with Gasteiger partial charge in [-0.05, 0) is 29.8 Å². The van der Waals surface area contributed by atoms with Crippen LogP contribution in [0.3, 0.4) is 0 Å². The number of imidazole rings is 1. The molecule has 1 aliphatic heterocycles. The summed E-state index contributed by atoms with van der Waals surface area (Å²) in [5.41, 5.74) is 4.63. The van der Waals surface area contributed by atoms with Gasteiger partial charge in [0.05, 0.1) is 11.7 Å². The molecule has 28 heavy (non-hydrogen) atoms. The standard InChI is InChI=1S/C20H17N5O2S/c1-25-9-8-21-17(25)11-27-13-4-2-12(3-5-13)14-10-18(26)22-15-6-7-16-20(19(14)15)24-28-23-16/h2-9,14H,10-11H2,1H3,(H,22,26)/t14-/m1/s1. The molecule has 0 radical (unpaired) electrons. The summed E-state index contributed by atoms with van der Waals surface area (Å²) in [6, 6.07) is 11.7. The topological polar surface area (TPSA) is 81.9 Å². The Balaban J connectivity index is 1.44. The molecule has 8 heteroatoms. The van der Waals surface area contributed by atoms with Crippen molar-refractivity contribution in [2.45, 2.75) is 18.9 Å². The minimum absolute atomic E-state index is 0.00940.